The molecule has 0 saturated carbocycles. The Labute approximate surface area is 156 Å². The van der Waals surface area contributed by atoms with E-state index in [1.165, 1.54) is 0 Å². The number of nitrogens with zero attached hydrogens (tertiary/aromatic N) is 1. The summed E-state index contributed by atoms with van der Waals surface area (Å²) in [5.41, 5.74) is 2.08. The Morgan fingerprint density at radius 2 is 1.76 bits per heavy atom. The number of benzene rings is 2. The van der Waals surface area contributed by atoms with E-state index in [0.717, 1.165) is 21.3 Å². The first-order valence-electron chi connectivity index (χ1n) is 8.23. The second-order valence-electron chi connectivity index (χ2n) is 5.76. The fourth-order valence-electron chi connectivity index (χ4n) is 2.48. The van der Waals surface area contributed by atoms with Gasteiger partial charge in [-0.15, -0.1) is 0 Å². The zero-order valence-corrected chi connectivity index (χ0v) is 15.4. The number of hydrogen-bond donors (Lipinski definition) is 0. The van der Waals surface area contributed by atoms with E-state index in [2.05, 4.69) is 15.9 Å². The number of hydrogen-bond acceptors (Lipinski definition) is 3. The van der Waals surface area contributed by atoms with Gasteiger partial charge in [-0.25, -0.2) is 0 Å². The summed E-state index contributed by atoms with van der Waals surface area (Å²) in [6.45, 7) is 3.07. The smallest absolute Gasteiger partial charge is 0.246 e. The van der Waals surface area contributed by atoms with E-state index in [9.17, 15) is 4.79 Å². The van der Waals surface area contributed by atoms with Crippen LogP contribution in [0.5, 0.6) is 5.75 Å². The van der Waals surface area contributed by atoms with Crippen LogP contribution in [0.15, 0.2) is 59.1 Å². The molecule has 0 radical (unpaired) electrons. The summed E-state index contributed by atoms with van der Waals surface area (Å²) in [7, 11) is 0. The molecule has 5 heteroatoms. The van der Waals surface area contributed by atoms with E-state index >= 15 is 0 Å². The van der Waals surface area contributed by atoms with Crippen LogP contribution < -0.4 is 4.74 Å². The molecule has 0 aromatic heterocycles. The molecule has 0 atom stereocenters. The molecule has 3 rings (SSSR count). The van der Waals surface area contributed by atoms with Crippen LogP contribution in [0.4, 0.5) is 0 Å². The molecule has 1 amide bonds. The number of halogens is 1. The average Bonchev–Trinajstić information content (AvgIpc) is 2.67. The Morgan fingerprint density at radius 1 is 1.08 bits per heavy atom. The van der Waals surface area contributed by atoms with Gasteiger partial charge < -0.3 is 14.4 Å². The van der Waals surface area contributed by atoms with Gasteiger partial charge in [0.05, 0.1) is 13.2 Å². The molecule has 0 bridgehead atoms. The first-order valence-corrected chi connectivity index (χ1v) is 9.02. The molecule has 1 fully saturated rings. The second-order valence-corrected chi connectivity index (χ2v) is 6.67. The van der Waals surface area contributed by atoms with E-state index in [0.29, 0.717) is 32.9 Å². The van der Waals surface area contributed by atoms with E-state index in [4.69, 9.17) is 9.47 Å². The number of carbonyl (C=O) groups is 1. The summed E-state index contributed by atoms with van der Waals surface area (Å²) < 4.78 is 12.1. The third kappa shape index (κ3) is 5.44. The van der Waals surface area contributed by atoms with Gasteiger partial charge in [-0.3, -0.25) is 4.79 Å². The molecule has 1 saturated heterocycles. The topological polar surface area (TPSA) is 38.8 Å². The van der Waals surface area contributed by atoms with Crippen molar-refractivity contribution in [3.05, 3.63) is 70.2 Å². The van der Waals surface area contributed by atoms with Crippen molar-refractivity contribution < 1.29 is 14.3 Å². The van der Waals surface area contributed by atoms with Crippen molar-refractivity contribution >= 4 is 27.9 Å². The predicted molar refractivity (Wildman–Crippen MR) is 101 cm³/mol. The first-order chi connectivity index (χ1) is 12.2. The number of ether oxygens (including phenoxy) is 2. The van der Waals surface area contributed by atoms with Crippen molar-refractivity contribution in [2.75, 3.05) is 26.3 Å². The molecule has 0 spiro atoms. The minimum Gasteiger partial charge on any atom is -0.489 e. The maximum absolute atomic E-state index is 12.1. The van der Waals surface area contributed by atoms with Gasteiger partial charge in [0.15, 0.2) is 0 Å². The van der Waals surface area contributed by atoms with Crippen LogP contribution in [-0.2, 0) is 16.1 Å². The van der Waals surface area contributed by atoms with Crippen molar-refractivity contribution in [3.63, 3.8) is 0 Å². The lowest BCUT2D eigenvalue weighted by Crippen LogP contribution is -2.39. The van der Waals surface area contributed by atoms with Crippen molar-refractivity contribution in [2.45, 2.75) is 6.61 Å². The standard InChI is InChI=1S/C20H20BrNO3/c21-18-6-1-17(2-7-18)15-25-19-8-3-16(4-9-19)5-10-20(23)22-11-13-24-14-12-22/h1-10H,11-15H2. The molecule has 130 valence electrons. The van der Waals surface area contributed by atoms with Gasteiger partial charge in [-0.05, 0) is 41.5 Å². The average molecular weight is 402 g/mol. The van der Waals surface area contributed by atoms with Gasteiger partial charge in [0.1, 0.15) is 12.4 Å². The van der Waals surface area contributed by atoms with Crippen molar-refractivity contribution in [2.24, 2.45) is 0 Å². The molecule has 2 aromatic carbocycles. The van der Waals surface area contributed by atoms with Crippen LogP contribution in [-0.4, -0.2) is 37.1 Å². The van der Waals surface area contributed by atoms with E-state index in [1.807, 2.05) is 54.6 Å². The van der Waals surface area contributed by atoms with Crippen LogP contribution in [0, 0.1) is 0 Å². The zero-order chi connectivity index (χ0) is 17.5. The Morgan fingerprint density at radius 3 is 2.44 bits per heavy atom. The maximum Gasteiger partial charge on any atom is 0.246 e. The maximum atomic E-state index is 12.1. The summed E-state index contributed by atoms with van der Waals surface area (Å²) in [6.07, 6.45) is 3.44. The van der Waals surface area contributed by atoms with E-state index < -0.39 is 0 Å². The second kappa shape index (κ2) is 8.83. The van der Waals surface area contributed by atoms with E-state index in [-0.39, 0.29) is 5.91 Å². The Balaban J connectivity index is 1.52. The lowest BCUT2D eigenvalue weighted by molar-refractivity contribution is -0.129. The molecule has 1 aliphatic rings. The Kier molecular flexibility index (Phi) is 6.25. The highest BCUT2D eigenvalue weighted by atomic mass is 79.9. The van der Waals surface area contributed by atoms with Crippen LogP contribution >= 0.6 is 15.9 Å². The summed E-state index contributed by atoms with van der Waals surface area (Å²) in [6, 6.07) is 15.8. The third-order valence-electron chi connectivity index (χ3n) is 3.94. The van der Waals surface area contributed by atoms with Gasteiger partial charge in [0.2, 0.25) is 5.91 Å². The molecule has 0 N–H and O–H groups in total. The highest BCUT2D eigenvalue weighted by molar-refractivity contribution is 9.10. The molecule has 2 aromatic rings. The number of carbonyl (C=O) groups excluding carboxylic acids is 1. The van der Waals surface area contributed by atoms with Crippen LogP contribution in [0.3, 0.4) is 0 Å². The van der Waals surface area contributed by atoms with Crippen LogP contribution in [0.25, 0.3) is 6.08 Å². The SMILES string of the molecule is O=C(C=Cc1ccc(OCc2ccc(Br)cc2)cc1)N1CCOCC1. The molecular weight excluding hydrogens is 382 g/mol. The molecule has 1 aliphatic heterocycles. The lowest BCUT2D eigenvalue weighted by atomic mass is 10.2. The molecule has 0 unspecified atom stereocenters. The van der Waals surface area contributed by atoms with Gasteiger partial charge in [0.25, 0.3) is 0 Å². The largest absolute Gasteiger partial charge is 0.489 e. The third-order valence-corrected chi connectivity index (χ3v) is 4.47. The first kappa shape index (κ1) is 17.7. The number of morpholine rings is 1. The summed E-state index contributed by atoms with van der Waals surface area (Å²) in [5, 5.41) is 0. The minimum absolute atomic E-state index is 0.0267. The van der Waals surface area contributed by atoms with Crippen LogP contribution in [0.2, 0.25) is 0 Å². The molecular formula is C20H20BrNO3. The quantitative estimate of drug-likeness (QED) is 0.713. The Bertz CT molecular complexity index is 720. The zero-order valence-electron chi connectivity index (χ0n) is 13.9. The van der Waals surface area contributed by atoms with E-state index in [1.54, 1.807) is 11.0 Å². The number of rotatable bonds is 5. The highest BCUT2D eigenvalue weighted by Crippen LogP contribution is 2.16. The minimum atomic E-state index is 0.0267. The van der Waals surface area contributed by atoms with Crippen LogP contribution in [0.1, 0.15) is 11.1 Å². The van der Waals surface area contributed by atoms with Gasteiger partial charge in [0, 0.05) is 23.6 Å². The number of amides is 1. The van der Waals surface area contributed by atoms with Crippen molar-refractivity contribution in [3.8, 4) is 5.75 Å². The predicted octanol–water partition coefficient (Wildman–Crippen LogP) is 3.90. The Hall–Kier alpha value is -2.11. The van der Waals surface area contributed by atoms with Gasteiger partial charge >= 0.3 is 0 Å². The normalized spacial score (nSPS) is 14.7. The molecule has 1 heterocycles. The molecule has 25 heavy (non-hydrogen) atoms. The van der Waals surface area contributed by atoms with Gasteiger partial charge in [-0.1, -0.05) is 40.2 Å². The summed E-state index contributed by atoms with van der Waals surface area (Å²) >= 11 is 3.42. The monoisotopic (exact) mass is 401 g/mol. The lowest BCUT2D eigenvalue weighted by Gasteiger charge is -2.25. The fraction of sp³-hybridized carbons (Fsp3) is 0.250. The van der Waals surface area contributed by atoms with Gasteiger partial charge in [-0.2, -0.15) is 0 Å². The highest BCUT2D eigenvalue weighted by Gasteiger charge is 2.13. The summed E-state index contributed by atoms with van der Waals surface area (Å²) in [4.78, 5) is 13.9. The van der Waals surface area contributed by atoms with Crippen molar-refractivity contribution in [1.82, 2.24) is 4.90 Å². The molecule has 4 nitrogen and oxygen atoms in total. The van der Waals surface area contributed by atoms with Crippen molar-refractivity contribution in [1.29, 1.82) is 0 Å². The summed E-state index contributed by atoms with van der Waals surface area (Å²) in [5.74, 6) is 0.832. The molecule has 0 aliphatic carbocycles. The fourth-order valence-corrected chi connectivity index (χ4v) is 2.74.